The van der Waals surface area contributed by atoms with Crippen LogP contribution >= 0.6 is 0 Å². The zero-order valence-electron chi connectivity index (χ0n) is 16.7. The number of hydrogen-bond acceptors (Lipinski definition) is 6. The van der Waals surface area contributed by atoms with Gasteiger partial charge in [-0.25, -0.2) is 19.3 Å². The maximum Gasteiger partial charge on any atom is 0.250 e. The number of hydrogen-bond donors (Lipinski definition) is 4. The molecule has 1 aliphatic rings. The molecule has 156 valence electrons. The van der Waals surface area contributed by atoms with Gasteiger partial charge >= 0.3 is 0 Å². The highest BCUT2D eigenvalue weighted by atomic mass is 32.2. The van der Waals surface area contributed by atoms with Crippen LogP contribution in [-0.4, -0.2) is 32.3 Å². The summed E-state index contributed by atoms with van der Waals surface area (Å²) >= 11 is 0. The predicted octanol–water partition coefficient (Wildman–Crippen LogP) is 2.28. The van der Waals surface area contributed by atoms with Crippen molar-refractivity contribution in [1.82, 2.24) is 10.9 Å². The van der Waals surface area contributed by atoms with Gasteiger partial charge in [0.25, 0.3) is 0 Å². The second-order valence-electron chi connectivity index (χ2n) is 6.96. The molecule has 9 heteroatoms. The summed E-state index contributed by atoms with van der Waals surface area (Å²) in [5, 5.41) is 1.88. The van der Waals surface area contributed by atoms with Gasteiger partial charge < -0.3 is 10.1 Å². The lowest BCUT2D eigenvalue weighted by Crippen LogP contribution is -2.42. The van der Waals surface area contributed by atoms with E-state index in [9.17, 15) is 13.2 Å². The molecule has 2 aromatic carbocycles. The Bertz CT molecular complexity index is 976. The van der Waals surface area contributed by atoms with Gasteiger partial charge in [-0.2, -0.15) is 0 Å². The quantitative estimate of drug-likeness (QED) is 0.549. The van der Waals surface area contributed by atoms with Gasteiger partial charge in [0.1, 0.15) is 17.2 Å². The predicted molar refractivity (Wildman–Crippen MR) is 113 cm³/mol. The number of anilines is 2. The van der Waals surface area contributed by atoms with E-state index in [4.69, 9.17) is 4.74 Å². The number of hydrazine groups is 1. The fraction of sp³-hybridized carbons (Fsp3) is 0.350. The van der Waals surface area contributed by atoms with E-state index < -0.39 is 21.4 Å². The summed E-state index contributed by atoms with van der Waals surface area (Å²) in [6.45, 7) is 6.38. The minimum atomic E-state index is -3.73. The number of rotatable bonds is 7. The molecule has 2 unspecified atom stereocenters. The fourth-order valence-electron chi connectivity index (χ4n) is 2.97. The number of aryl methyl sites for hydroxylation is 2. The van der Waals surface area contributed by atoms with Crippen LogP contribution in [0.4, 0.5) is 11.4 Å². The van der Waals surface area contributed by atoms with Crippen molar-refractivity contribution in [2.45, 2.75) is 38.6 Å². The molecule has 1 heterocycles. The normalized spacial score (nSPS) is 19.0. The second-order valence-corrected chi connectivity index (χ2v) is 8.82. The Morgan fingerprint density at radius 2 is 1.76 bits per heavy atom. The van der Waals surface area contributed by atoms with Crippen LogP contribution in [0.25, 0.3) is 0 Å². The maximum atomic E-state index is 12.6. The van der Waals surface area contributed by atoms with E-state index in [1.54, 1.807) is 24.3 Å². The Morgan fingerprint density at radius 1 is 1.07 bits per heavy atom. The van der Waals surface area contributed by atoms with Crippen LogP contribution in [0.2, 0.25) is 0 Å². The lowest BCUT2D eigenvalue weighted by molar-refractivity contribution is -0.117. The SMILES string of the molecule is CCOc1ccc(NS(=O)(=O)C2CC(C(=O)Nc3ccc(C)c(C)c3)NN2)cc1. The first kappa shape index (κ1) is 21.1. The summed E-state index contributed by atoms with van der Waals surface area (Å²) < 4.78 is 33.2. The van der Waals surface area contributed by atoms with E-state index >= 15 is 0 Å². The Morgan fingerprint density at radius 3 is 2.41 bits per heavy atom. The summed E-state index contributed by atoms with van der Waals surface area (Å²) in [5.74, 6) is 0.374. The molecule has 29 heavy (non-hydrogen) atoms. The van der Waals surface area contributed by atoms with Gasteiger partial charge in [-0.3, -0.25) is 9.52 Å². The lowest BCUT2D eigenvalue weighted by atomic mass is 10.1. The third-order valence-corrected chi connectivity index (χ3v) is 6.34. The van der Waals surface area contributed by atoms with Crippen LogP contribution in [0.5, 0.6) is 5.75 Å². The third kappa shape index (κ3) is 5.26. The molecule has 2 atom stereocenters. The van der Waals surface area contributed by atoms with Crippen LogP contribution < -0.4 is 25.6 Å². The van der Waals surface area contributed by atoms with Gasteiger partial charge in [-0.05, 0) is 68.3 Å². The summed E-state index contributed by atoms with van der Waals surface area (Å²) in [6.07, 6.45) is 0.100. The Kier molecular flexibility index (Phi) is 6.41. The largest absolute Gasteiger partial charge is 0.494 e. The highest BCUT2D eigenvalue weighted by Gasteiger charge is 2.37. The van der Waals surface area contributed by atoms with Crippen LogP contribution in [-0.2, 0) is 14.8 Å². The molecule has 3 rings (SSSR count). The van der Waals surface area contributed by atoms with Gasteiger partial charge in [0.15, 0.2) is 0 Å². The minimum absolute atomic E-state index is 0.100. The number of amides is 1. The van der Waals surface area contributed by atoms with Crippen molar-refractivity contribution in [2.75, 3.05) is 16.6 Å². The van der Waals surface area contributed by atoms with Crippen molar-refractivity contribution in [2.24, 2.45) is 0 Å². The fourth-order valence-corrected chi connectivity index (χ4v) is 4.25. The first-order chi connectivity index (χ1) is 13.8. The Balaban J connectivity index is 1.59. The van der Waals surface area contributed by atoms with Crippen molar-refractivity contribution in [3.8, 4) is 5.75 Å². The number of nitrogens with one attached hydrogen (secondary N) is 4. The molecule has 1 fully saturated rings. The molecular weight excluding hydrogens is 392 g/mol. The van der Waals surface area contributed by atoms with Crippen molar-refractivity contribution >= 4 is 27.3 Å². The zero-order chi connectivity index (χ0) is 21.0. The molecule has 1 amide bonds. The molecule has 0 saturated carbocycles. The highest BCUT2D eigenvalue weighted by molar-refractivity contribution is 7.93. The zero-order valence-corrected chi connectivity index (χ0v) is 17.5. The van der Waals surface area contributed by atoms with Crippen LogP contribution in [0.3, 0.4) is 0 Å². The first-order valence-electron chi connectivity index (χ1n) is 9.42. The molecule has 0 aliphatic carbocycles. The lowest BCUT2D eigenvalue weighted by Gasteiger charge is -2.14. The second kappa shape index (κ2) is 8.81. The van der Waals surface area contributed by atoms with E-state index in [1.165, 1.54) is 0 Å². The number of ether oxygens (including phenoxy) is 1. The highest BCUT2D eigenvalue weighted by Crippen LogP contribution is 2.20. The summed E-state index contributed by atoms with van der Waals surface area (Å²) in [6, 6.07) is 11.6. The number of sulfonamides is 1. The summed E-state index contributed by atoms with van der Waals surface area (Å²) in [4.78, 5) is 12.5. The van der Waals surface area contributed by atoms with Crippen LogP contribution in [0, 0.1) is 13.8 Å². The van der Waals surface area contributed by atoms with Gasteiger partial charge in [0, 0.05) is 17.8 Å². The van der Waals surface area contributed by atoms with E-state index in [1.807, 2.05) is 39.0 Å². The monoisotopic (exact) mass is 418 g/mol. The smallest absolute Gasteiger partial charge is 0.250 e. The first-order valence-corrected chi connectivity index (χ1v) is 11.0. The molecule has 0 radical (unpaired) electrons. The Labute approximate surface area is 171 Å². The van der Waals surface area contributed by atoms with Crippen molar-refractivity contribution < 1.29 is 17.9 Å². The molecular formula is C20H26N4O4S. The number of benzene rings is 2. The Hall–Kier alpha value is -2.62. The average Bonchev–Trinajstić information content (AvgIpc) is 3.18. The molecule has 1 aliphatic heterocycles. The van der Waals surface area contributed by atoms with Gasteiger partial charge in [-0.1, -0.05) is 6.07 Å². The van der Waals surface area contributed by atoms with Crippen molar-refractivity contribution in [1.29, 1.82) is 0 Å². The van der Waals surface area contributed by atoms with Crippen molar-refractivity contribution in [3.63, 3.8) is 0 Å². The van der Waals surface area contributed by atoms with Gasteiger partial charge in [0.2, 0.25) is 15.9 Å². The molecule has 0 bridgehead atoms. The van der Waals surface area contributed by atoms with E-state index in [-0.39, 0.29) is 12.3 Å². The number of carbonyl (C=O) groups is 1. The summed E-state index contributed by atoms with van der Waals surface area (Å²) in [7, 11) is -3.73. The van der Waals surface area contributed by atoms with Crippen LogP contribution in [0.1, 0.15) is 24.5 Å². The van der Waals surface area contributed by atoms with Gasteiger partial charge in [-0.15, -0.1) is 0 Å². The molecule has 8 nitrogen and oxygen atoms in total. The minimum Gasteiger partial charge on any atom is -0.494 e. The molecule has 1 saturated heterocycles. The van der Waals surface area contributed by atoms with E-state index in [0.29, 0.717) is 23.7 Å². The molecule has 2 aromatic rings. The van der Waals surface area contributed by atoms with Gasteiger partial charge in [0.05, 0.1) is 6.61 Å². The van der Waals surface area contributed by atoms with E-state index in [2.05, 4.69) is 20.9 Å². The average molecular weight is 419 g/mol. The molecule has 0 spiro atoms. The molecule has 4 N–H and O–H groups in total. The third-order valence-electron chi connectivity index (χ3n) is 4.76. The topological polar surface area (TPSA) is 109 Å². The van der Waals surface area contributed by atoms with E-state index in [0.717, 1.165) is 11.1 Å². The summed E-state index contributed by atoms with van der Waals surface area (Å²) in [5.41, 5.74) is 8.78. The molecule has 0 aromatic heterocycles. The maximum absolute atomic E-state index is 12.6. The number of carbonyl (C=O) groups excluding carboxylic acids is 1. The van der Waals surface area contributed by atoms with Crippen LogP contribution in [0.15, 0.2) is 42.5 Å². The van der Waals surface area contributed by atoms with Crippen molar-refractivity contribution in [3.05, 3.63) is 53.6 Å². The standard InChI is InChI=1S/C20H26N4O4S/c1-4-28-17-9-7-15(8-10-17)24-29(26,27)19-12-18(22-23-19)20(25)21-16-6-5-13(2)14(3)11-16/h5-11,18-19,22-24H,4,12H2,1-3H3,(H,21,25).